The number of hydrogen-bond donors (Lipinski definition) is 2. The highest BCUT2D eigenvalue weighted by molar-refractivity contribution is 5.80. The van der Waals surface area contributed by atoms with E-state index >= 15 is 0 Å². The lowest BCUT2D eigenvalue weighted by molar-refractivity contribution is 0.968. The molecule has 4 nitrogen and oxygen atoms in total. The van der Waals surface area contributed by atoms with Gasteiger partial charge in [0.05, 0.1) is 11.0 Å². The van der Waals surface area contributed by atoms with E-state index in [1.807, 2.05) is 0 Å². The zero-order valence-corrected chi connectivity index (χ0v) is 11.8. The van der Waals surface area contributed by atoms with Gasteiger partial charge in [-0.1, -0.05) is 6.92 Å². The molecule has 2 N–H and O–H groups in total. The average Bonchev–Trinajstić information content (AvgIpc) is 2.93. The average molecular weight is 254 g/mol. The van der Waals surface area contributed by atoms with Crippen LogP contribution in [0, 0.1) is 20.8 Å². The number of fused-ring (bicyclic) bond motifs is 1. The second-order valence-corrected chi connectivity index (χ2v) is 5.07. The Kier molecular flexibility index (Phi) is 2.66. The van der Waals surface area contributed by atoms with Gasteiger partial charge in [-0.05, 0) is 50.5 Å². The van der Waals surface area contributed by atoms with Crippen molar-refractivity contribution in [3.05, 3.63) is 34.5 Å². The zero-order chi connectivity index (χ0) is 13.6. The van der Waals surface area contributed by atoms with E-state index in [9.17, 15) is 0 Å². The summed E-state index contributed by atoms with van der Waals surface area (Å²) in [5, 5.41) is 7.46. The second-order valence-electron chi connectivity index (χ2n) is 5.07. The molecule has 2 aromatic heterocycles. The molecule has 0 radical (unpaired) electrons. The molecule has 0 atom stereocenters. The van der Waals surface area contributed by atoms with E-state index < -0.39 is 0 Å². The molecule has 0 aliphatic carbocycles. The van der Waals surface area contributed by atoms with E-state index in [4.69, 9.17) is 0 Å². The first-order valence-corrected chi connectivity index (χ1v) is 6.61. The van der Waals surface area contributed by atoms with Crippen molar-refractivity contribution in [3.63, 3.8) is 0 Å². The summed E-state index contributed by atoms with van der Waals surface area (Å²) in [6, 6.07) is 4.26. The Hall–Kier alpha value is -2.10. The van der Waals surface area contributed by atoms with Gasteiger partial charge in [-0.15, -0.1) is 0 Å². The normalized spacial score (nSPS) is 11.4. The SMILES string of the molecule is CCc1[nH]nc(-c2nc3cc(C)c(C)cc3[nH]2)c1C. The molecule has 0 aliphatic rings. The van der Waals surface area contributed by atoms with Gasteiger partial charge < -0.3 is 4.98 Å². The van der Waals surface area contributed by atoms with Crippen molar-refractivity contribution >= 4 is 11.0 Å². The van der Waals surface area contributed by atoms with Gasteiger partial charge in [-0.25, -0.2) is 4.98 Å². The zero-order valence-electron chi connectivity index (χ0n) is 11.8. The Morgan fingerprint density at radius 2 is 1.84 bits per heavy atom. The Morgan fingerprint density at radius 1 is 1.11 bits per heavy atom. The first kappa shape index (κ1) is 12.0. The topological polar surface area (TPSA) is 57.4 Å². The molecular formula is C15H18N4. The first-order valence-electron chi connectivity index (χ1n) is 6.61. The minimum absolute atomic E-state index is 0.841. The highest BCUT2D eigenvalue weighted by Gasteiger charge is 2.14. The van der Waals surface area contributed by atoms with Gasteiger partial charge in [0.15, 0.2) is 5.82 Å². The number of nitrogens with one attached hydrogen (secondary N) is 2. The molecule has 19 heavy (non-hydrogen) atoms. The minimum Gasteiger partial charge on any atom is -0.337 e. The number of nitrogens with zero attached hydrogens (tertiary/aromatic N) is 2. The molecule has 0 fully saturated rings. The maximum Gasteiger partial charge on any atom is 0.159 e. The smallest absolute Gasteiger partial charge is 0.159 e. The fraction of sp³-hybridized carbons (Fsp3) is 0.333. The van der Waals surface area contributed by atoms with Crippen LogP contribution in [0.3, 0.4) is 0 Å². The predicted octanol–water partition coefficient (Wildman–Crippen LogP) is 3.44. The number of rotatable bonds is 2. The number of imidazole rings is 1. The molecule has 0 amide bonds. The van der Waals surface area contributed by atoms with E-state index in [0.717, 1.165) is 29.0 Å². The molecule has 0 aliphatic heterocycles. The van der Waals surface area contributed by atoms with Gasteiger partial charge >= 0.3 is 0 Å². The summed E-state index contributed by atoms with van der Waals surface area (Å²) >= 11 is 0. The summed E-state index contributed by atoms with van der Waals surface area (Å²) in [7, 11) is 0. The van der Waals surface area contributed by atoms with Crippen molar-refractivity contribution in [2.75, 3.05) is 0 Å². The molecule has 98 valence electrons. The van der Waals surface area contributed by atoms with Crippen molar-refractivity contribution in [3.8, 4) is 11.5 Å². The third-order valence-corrected chi connectivity index (χ3v) is 3.79. The molecule has 2 heterocycles. The predicted molar refractivity (Wildman–Crippen MR) is 77.3 cm³/mol. The van der Waals surface area contributed by atoms with Gasteiger partial charge in [-0.3, -0.25) is 5.10 Å². The lowest BCUT2D eigenvalue weighted by atomic mass is 10.1. The van der Waals surface area contributed by atoms with Crippen LogP contribution in [0.4, 0.5) is 0 Å². The molecule has 4 heteroatoms. The van der Waals surface area contributed by atoms with E-state index in [2.05, 4.69) is 60.0 Å². The summed E-state index contributed by atoms with van der Waals surface area (Å²) in [5.74, 6) is 0.841. The van der Waals surface area contributed by atoms with Crippen molar-refractivity contribution in [1.82, 2.24) is 20.2 Å². The van der Waals surface area contributed by atoms with Crippen molar-refractivity contribution in [1.29, 1.82) is 0 Å². The largest absolute Gasteiger partial charge is 0.337 e. The van der Waals surface area contributed by atoms with Crippen LogP contribution in [0.25, 0.3) is 22.6 Å². The molecule has 0 saturated heterocycles. The molecule has 3 rings (SSSR count). The number of aromatic nitrogens is 4. The quantitative estimate of drug-likeness (QED) is 0.736. The fourth-order valence-electron chi connectivity index (χ4n) is 2.39. The van der Waals surface area contributed by atoms with Gasteiger partial charge in [0.2, 0.25) is 0 Å². The van der Waals surface area contributed by atoms with E-state index in [1.165, 1.54) is 22.4 Å². The Bertz CT molecular complexity index is 710. The summed E-state index contributed by atoms with van der Waals surface area (Å²) in [4.78, 5) is 8.02. The lowest BCUT2D eigenvalue weighted by Gasteiger charge is -1.97. The Balaban J connectivity index is 2.17. The van der Waals surface area contributed by atoms with Crippen molar-refractivity contribution < 1.29 is 0 Å². The number of aromatic amines is 2. The third-order valence-electron chi connectivity index (χ3n) is 3.79. The first-order chi connectivity index (χ1) is 9.10. The molecular weight excluding hydrogens is 236 g/mol. The Morgan fingerprint density at radius 3 is 2.53 bits per heavy atom. The summed E-state index contributed by atoms with van der Waals surface area (Å²) in [6.07, 6.45) is 0.956. The fourth-order valence-corrected chi connectivity index (χ4v) is 2.39. The standard InChI is InChI=1S/C15H18N4/c1-5-11-10(4)14(19-18-11)15-16-12-6-8(2)9(3)7-13(12)17-15/h6-7H,5H2,1-4H3,(H,16,17)(H,18,19). The van der Waals surface area contributed by atoms with Crippen LogP contribution < -0.4 is 0 Å². The van der Waals surface area contributed by atoms with E-state index in [1.54, 1.807) is 0 Å². The van der Waals surface area contributed by atoms with Gasteiger partial charge in [0.25, 0.3) is 0 Å². The van der Waals surface area contributed by atoms with Gasteiger partial charge in [-0.2, -0.15) is 5.10 Å². The monoisotopic (exact) mass is 254 g/mol. The number of hydrogen-bond acceptors (Lipinski definition) is 2. The maximum absolute atomic E-state index is 4.66. The molecule has 1 aromatic carbocycles. The van der Waals surface area contributed by atoms with Crippen LogP contribution in [0.5, 0.6) is 0 Å². The van der Waals surface area contributed by atoms with Crippen LogP contribution in [-0.4, -0.2) is 20.2 Å². The lowest BCUT2D eigenvalue weighted by Crippen LogP contribution is -1.85. The molecule has 0 saturated carbocycles. The third kappa shape index (κ3) is 1.84. The van der Waals surface area contributed by atoms with Gasteiger partial charge in [0.1, 0.15) is 5.69 Å². The van der Waals surface area contributed by atoms with E-state index in [0.29, 0.717) is 0 Å². The van der Waals surface area contributed by atoms with Crippen LogP contribution in [0.1, 0.15) is 29.3 Å². The van der Waals surface area contributed by atoms with Crippen molar-refractivity contribution in [2.45, 2.75) is 34.1 Å². The highest BCUT2D eigenvalue weighted by atomic mass is 15.1. The van der Waals surface area contributed by atoms with Crippen LogP contribution in [0.2, 0.25) is 0 Å². The summed E-state index contributed by atoms with van der Waals surface area (Å²) in [5.41, 5.74) is 7.87. The summed E-state index contributed by atoms with van der Waals surface area (Å²) < 4.78 is 0. The Labute approximate surface area is 112 Å². The molecule has 0 bridgehead atoms. The number of H-pyrrole nitrogens is 2. The summed E-state index contributed by atoms with van der Waals surface area (Å²) in [6.45, 7) is 8.43. The highest BCUT2D eigenvalue weighted by Crippen LogP contribution is 2.25. The molecule has 3 aromatic rings. The van der Waals surface area contributed by atoms with Crippen LogP contribution in [0.15, 0.2) is 12.1 Å². The molecule has 0 unspecified atom stereocenters. The number of benzene rings is 1. The van der Waals surface area contributed by atoms with Crippen LogP contribution in [-0.2, 0) is 6.42 Å². The number of aryl methyl sites for hydroxylation is 3. The van der Waals surface area contributed by atoms with E-state index in [-0.39, 0.29) is 0 Å². The van der Waals surface area contributed by atoms with Crippen LogP contribution >= 0.6 is 0 Å². The minimum atomic E-state index is 0.841. The van der Waals surface area contributed by atoms with Gasteiger partial charge in [0, 0.05) is 11.3 Å². The second kappa shape index (κ2) is 4.23. The maximum atomic E-state index is 4.66. The van der Waals surface area contributed by atoms with Crippen molar-refractivity contribution in [2.24, 2.45) is 0 Å². The molecule has 0 spiro atoms.